The van der Waals surface area contributed by atoms with Crippen LogP contribution in [0.5, 0.6) is 0 Å². The van der Waals surface area contributed by atoms with Gasteiger partial charge in [-0.2, -0.15) is 8.42 Å². The maximum atomic E-state index is 11.8. The van der Waals surface area contributed by atoms with Gasteiger partial charge < -0.3 is 15.4 Å². The zero-order valence-corrected chi connectivity index (χ0v) is 15.5. The number of aliphatic hydroxyl groups excluding tert-OH is 2. The van der Waals surface area contributed by atoms with Crippen molar-refractivity contribution >= 4 is 15.8 Å². The second-order valence-corrected chi connectivity index (χ2v) is 10.2. The van der Waals surface area contributed by atoms with Gasteiger partial charge in [0.2, 0.25) is 0 Å². The Labute approximate surface area is 142 Å². The fraction of sp³-hybridized carbons (Fsp3) is 0.938. The van der Waals surface area contributed by atoms with E-state index in [4.69, 9.17) is 4.18 Å². The van der Waals surface area contributed by atoms with E-state index in [1.165, 1.54) is 0 Å². The molecule has 0 amide bonds. The lowest BCUT2D eigenvalue weighted by Crippen LogP contribution is -2.71. The summed E-state index contributed by atoms with van der Waals surface area (Å²) in [5.41, 5.74) is -0.760. The molecule has 0 aromatic carbocycles. The molecule has 3 N–H and O–H groups in total. The molecule has 4 aliphatic rings. The Bertz CT molecular complexity index is 674. The highest BCUT2D eigenvalue weighted by atomic mass is 32.2. The van der Waals surface area contributed by atoms with E-state index in [9.17, 15) is 23.8 Å². The van der Waals surface area contributed by atoms with Gasteiger partial charge in [0.1, 0.15) is 12.2 Å². The average Bonchev–Trinajstić information content (AvgIpc) is 2.53. The van der Waals surface area contributed by atoms with E-state index in [-0.39, 0.29) is 23.7 Å². The van der Waals surface area contributed by atoms with E-state index in [0.29, 0.717) is 12.1 Å². The van der Waals surface area contributed by atoms with E-state index in [1.807, 2.05) is 27.7 Å². The van der Waals surface area contributed by atoms with Crippen LogP contribution in [0.25, 0.3) is 0 Å². The Kier molecular flexibility index (Phi) is 3.89. The molecule has 4 aliphatic carbocycles. The third-order valence-electron chi connectivity index (χ3n) is 6.91. The zero-order valence-electron chi connectivity index (χ0n) is 14.7. The Hall–Kier alpha value is -0.700. The third-order valence-corrected chi connectivity index (χ3v) is 7.47. The van der Waals surface area contributed by atoms with E-state index >= 15 is 0 Å². The second kappa shape index (κ2) is 5.16. The van der Waals surface area contributed by atoms with Crippen molar-refractivity contribution in [2.24, 2.45) is 39.7 Å². The maximum absolute atomic E-state index is 11.8. The molecule has 4 rings (SSSR count). The van der Waals surface area contributed by atoms with Gasteiger partial charge >= 0.3 is 0 Å². The molecule has 8 atom stereocenters. The molecule has 0 saturated heterocycles. The third kappa shape index (κ3) is 2.12. The quantitative estimate of drug-likeness (QED) is 0.381. The number of aliphatic hydroxyl groups is 2. The number of hydrogen-bond acceptors (Lipinski definition) is 7. The van der Waals surface area contributed by atoms with Crippen LogP contribution in [-0.4, -0.2) is 54.1 Å². The van der Waals surface area contributed by atoms with Crippen LogP contribution < -0.4 is 0 Å². The second-order valence-electron chi connectivity index (χ2n) is 8.65. The minimum atomic E-state index is -3.83. The summed E-state index contributed by atoms with van der Waals surface area (Å²) in [6.07, 6.45) is -1.96. The highest BCUT2D eigenvalue weighted by Crippen LogP contribution is 2.73. The van der Waals surface area contributed by atoms with Crippen molar-refractivity contribution < 1.29 is 28.0 Å². The molecule has 0 radical (unpaired) electrons. The van der Waals surface area contributed by atoms with Gasteiger partial charge in [-0.1, -0.05) is 32.9 Å². The highest BCUT2D eigenvalue weighted by Gasteiger charge is 2.76. The van der Waals surface area contributed by atoms with Gasteiger partial charge in [-0.15, -0.1) is 0 Å². The summed E-state index contributed by atoms with van der Waals surface area (Å²) < 4.78 is 28.9. The van der Waals surface area contributed by atoms with Crippen molar-refractivity contribution in [3.05, 3.63) is 0 Å². The molecule has 0 aromatic rings. The molecule has 4 saturated carbocycles. The van der Waals surface area contributed by atoms with Crippen LogP contribution in [0.1, 0.15) is 34.1 Å². The normalized spacial score (nSPS) is 51.8. The molecule has 8 heteroatoms. The van der Waals surface area contributed by atoms with Gasteiger partial charge in [-0.25, -0.2) is 0 Å². The van der Waals surface area contributed by atoms with Crippen LogP contribution in [0.15, 0.2) is 5.16 Å². The fourth-order valence-corrected chi connectivity index (χ4v) is 6.77. The molecular weight excluding hydrogens is 334 g/mol. The SMILES string of the molecule is C[C@@H]1C/C(=N/O)[C@@H]2[C@@H]3[C@H]1[C@@]2(C)[C@H](OS(C)(=O)=O)[C@H](O)[C@@H](O)C3(C)C. The topological polar surface area (TPSA) is 116 Å². The molecule has 24 heavy (non-hydrogen) atoms. The summed E-state index contributed by atoms with van der Waals surface area (Å²) in [5.74, 6) is -0.0212. The standard InChI is InChI=1S/C16H27NO6S/c1-7-6-8(17-20)10-11-9(7)16(10,4)14(23-24(5,21)22)12(18)13(19)15(11,2)3/h7,9-14,18-20H,6H2,1-5H3/b17-8-/t7-,9+,10-,11+,12-,13-,14-,16-/m1/s1. The average molecular weight is 361 g/mol. The predicted molar refractivity (Wildman–Crippen MR) is 87.1 cm³/mol. The van der Waals surface area contributed by atoms with Gasteiger partial charge in [0, 0.05) is 11.3 Å². The molecule has 4 fully saturated rings. The van der Waals surface area contributed by atoms with Gasteiger partial charge in [0.05, 0.1) is 18.1 Å². The summed E-state index contributed by atoms with van der Waals surface area (Å²) in [7, 11) is -3.83. The molecular formula is C16H27NO6S. The minimum absolute atomic E-state index is 0.00467. The van der Waals surface area contributed by atoms with E-state index in [0.717, 1.165) is 6.26 Å². The van der Waals surface area contributed by atoms with Crippen molar-refractivity contribution in [2.75, 3.05) is 6.26 Å². The summed E-state index contributed by atoms with van der Waals surface area (Å²) in [6.45, 7) is 7.67. The first kappa shape index (κ1) is 18.1. The van der Waals surface area contributed by atoms with Crippen molar-refractivity contribution in [3.8, 4) is 0 Å². The molecule has 4 bridgehead atoms. The Balaban J connectivity index is 2.20. The van der Waals surface area contributed by atoms with Gasteiger partial charge in [0.25, 0.3) is 10.1 Å². The molecule has 0 heterocycles. The van der Waals surface area contributed by atoms with Crippen LogP contribution >= 0.6 is 0 Å². The first-order valence-corrected chi connectivity index (χ1v) is 10.1. The maximum Gasteiger partial charge on any atom is 0.264 e. The summed E-state index contributed by atoms with van der Waals surface area (Å²) in [4.78, 5) is 0. The number of nitrogens with zero attached hydrogens (tertiary/aromatic N) is 1. The van der Waals surface area contributed by atoms with Crippen molar-refractivity contribution in [1.29, 1.82) is 0 Å². The monoisotopic (exact) mass is 361 g/mol. The van der Waals surface area contributed by atoms with Gasteiger partial charge in [0.15, 0.2) is 0 Å². The first-order valence-electron chi connectivity index (χ1n) is 8.32. The van der Waals surface area contributed by atoms with Crippen molar-refractivity contribution in [3.63, 3.8) is 0 Å². The van der Waals surface area contributed by atoms with Gasteiger partial charge in [-0.3, -0.25) is 4.18 Å². The fourth-order valence-electron chi connectivity index (χ4n) is 6.07. The number of rotatable bonds is 2. The lowest BCUT2D eigenvalue weighted by Gasteiger charge is -2.69. The van der Waals surface area contributed by atoms with Crippen LogP contribution in [0.2, 0.25) is 0 Å². The summed E-state index contributed by atoms with van der Waals surface area (Å²) >= 11 is 0. The van der Waals surface area contributed by atoms with Crippen LogP contribution in [0.3, 0.4) is 0 Å². The number of oxime groups is 1. The Morgan fingerprint density at radius 1 is 1.21 bits per heavy atom. The molecule has 0 aliphatic heterocycles. The molecule has 0 spiro atoms. The summed E-state index contributed by atoms with van der Waals surface area (Å²) in [5, 5.41) is 34.4. The smallest absolute Gasteiger partial charge is 0.264 e. The Morgan fingerprint density at radius 3 is 2.29 bits per heavy atom. The Morgan fingerprint density at radius 2 is 1.79 bits per heavy atom. The van der Waals surface area contributed by atoms with Gasteiger partial charge in [-0.05, 0) is 29.6 Å². The summed E-state index contributed by atoms with van der Waals surface area (Å²) in [6, 6.07) is 0. The highest BCUT2D eigenvalue weighted by molar-refractivity contribution is 7.86. The molecule has 7 nitrogen and oxygen atoms in total. The largest absolute Gasteiger partial charge is 0.411 e. The van der Waals surface area contributed by atoms with E-state index < -0.39 is 39.3 Å². The number of hydrogen-bond donors (Lipinski definition) is 3. The molecule has 0 aromatic heterocycles. The van der Waals surface area contributed by atoms with Crippen LogP contribution in [0.4, 0.5) is 0 Å². The molecule has 138 valence electrons. The van der Waals surface area contributed by atoms with Crippen LogP contribution in [0, 0.1) is 34.5 Å². The van der Waals surface area contributed by atoms with E-state index in [1.54, 1.807) is 0 Å². The predicted octanol–water partition coefficient (Wildman–Crippen LogP) is 0.831. The van der Waals surface area contributed by atoms with Crippen LogP contribution in [-0.2, 0) is 14.3 Å². The van der Waals surface area contributed by atoms with Crippen molar-refractivity contribution in [1.82, 2.24) is 0 Å². The first-order chi connectivity index (χ1) is 10.9. The lowest BCUT2D eigenvalue weighted by molar-refractivity contribution is -0.199. The number of fused-ring (bicyclic) bond motifs is 2. The van der Waals surface area contributed by atoms with E-state index in [2.05, 4.69) is 5.16 Å². The lowest BCUT2D eigenvalue weighted by atomic mass is 9.35. The van der Waals surface area contributed by atoms with Crippen molar-refractivity contribution in [2.45, 2.75) is 52.4 Å². The zero-order chi connectivity index (χ0) is 18.2. The minimum Gasteiger partial charge on any atom is -0.411 e. The molecule has 0 unspecified atom stereocenters.